The van der Waals surface area contributed by atoms with Crippen LogP contribution >= 0.6 is 11.6 Å². The molecule has 1 aliphatic heterocycles. The molecule has 1 aromatic carbocycles. The molecule has 9 nitrogen and oxygen atoms in total. The highest BCUT2D eigenvalue weighted by Crippen LogP contribution is 2.52. The van der Waals surface area contributed by atoms with Gasteiger partial charge in [0, 0.05) is 10.6 Å². The van der Waals surface area contributed by atoms with E-state index in [1.807, 2.05) is 12.2 Å². The number of allylic oxidation sites excluding steroid dienone is 2. The zero-order valence-electron chi connectivity index (χ0n) is 15.7. The predicted molar refractivity (Wildman–Crippen MR) is 102 cm³/mol. The van der Waals surface area contributed by atoms with Crippen molar-refractivity contribution in [2.45, 2.75) is 6.42 Å². The van der Waals surface area contributed by atoms with Gasteiger partial charge in [0.2, 0.25) is 11.8 Å². The van der Waals surface area contributed by atoms with Crippen LogP contribution in [0, 0.1) is 23.7 Å². The maximum atomic E-state index is 12.5. The maximum Gasteiger partial charge on any atom is 0.326 e. The lowest BCUT2D eigenvalue weighted by atomic mass is 9.85. The molecule has 4 atom stereocenters. The Hall–Kier alpha value is -3.20. The minimum absolute atomic E-state index is 0.0486. The molecule has 0 aromatic heterocycles. The Morgan fingerprint density at radius 2 is 1.60 bits per heavy atom. The van der Waals surface area contributed by atoms with Crippen molar-refractivity contribution in [3.63, 3.8) is 0 Å². The Morgan fingerprint density at radius 1 is 1.00 bits per heavy atom. The molecule has 1 saturated heterocycles. The molecule has 0 spiro atoms. The van der Waals surface area contributed by atoms with E-state index < -0.39 is 42.8 Å². The number of halogens is 1. The van der Waals surface area contributed by atoms with Gasteiger partial charge in [-0.05, 0) is 42.5 Å². The number of hydrogen-bond acceptors (Lipinski definition) is 6. The standard InChI is InChI=1S/C20H18ClN3O6/c21-13-5-3-10(4-6-13)18(27)23-22-14(25)9-30-15(26)8-24-19(28)16-11-1-2-12(7-11)17(16)20(24)29/h1-6,11-12,16-17H,7-9H2,(H,22,25)(H,23,27)/t11-,12-,16+,17+/m0/s1. The highest BCUT2D eigenvalue weighted by molar-refractivity contribution is 6.30. The molecule has 1 aromatic rings. The van der Waals surface area contributed by atoms with Gasteiger partial charge < -0.3 is 4.74 Å². The summed E-state index contributed by atoms with van der Waals surface area (Å²) in [7, 11) is 0. The Morgan fingerprint density at radius 3 is 2.20 bits per heavy atom. The van der Waals surface area contributed by atoms with Crippen LogP contribution in [0.4, 0.5) is 0 Å². The van der Waals surface area contributed by atoms with E-state index in [0.717, 1.165) is 11.3 Å². The van der Waals surface area contributed by atoms with Gasteiger partial charge >= 0.3 is 5.97 Å². The van der Waals surface area contributed by atoms with Crippen molar-refractivity contribution in [3.05, 3.63) is 47.0 Å². The molecule has 0 radical (unpaired) electrons. The lowest BCUT2D eigenvalue weighted by molar-refractivity contribution is -0.155. The molecule has 156 valence electrons. The van der Waals surface area contributed by atoms with Crippen LogP contribution in [0.2, 0.25) is 5.02 Å². The molecule has 4 amide bonds. The van der Waals surface area contributed by atoms with Crippen LogP contribution in [0.3, 0.4) is 0 Å². The van der Waals surface area contributed by atoms with Crippen molar-refractivity contribution in [3.8, 4) is 0 Å². The summed E-state index contributed by atoms with van der Waals surface area (Å²) in [4.78, 5) is 61.7. The second kappa shape index (κ2) is 7.91. The summed E-state index contributed by atoms with van der Waals surface area (Å²) < 4.78 is 4.83. The van der Waals surface area contributed by atoms with Crippen LogP contribution in [-0.2, 0) is 23.9 Å². The first-order valence-corrected chi connectivity index (χ1v) is 9.77. The van der Waals surface area contributed by atoms with Gasteiger partial charge in [-0.2, -0.15) is 0 Å². The number of benzene rings is 1. The Bertz CT molecular complexity index is 930. The van der Waals surface area contributed by atoms with E-state index in [9.17, 15) is 24.0 Å². The summed E-state index contributed by atoms with van der Waals surface area (Å²) in [6, 6.07) is 6.00. The summed E-state index contributed by atoms with van der Waals surface area (Å²) in [5.74, 6) is -3.65. The first-order valence-electron chi connectivity index (χ1n) is 9.39. The molecule has 3 aliphatic rings. The van der Waals surface area contributed by atoms with Crippen LogP contribution in [0.15, 0.2) is 36.4 Å². The smallest absolute Gasteiger partial charge is 0.326 e. The summed E-state index contributed by atoms with van der Waals surface area (Å²) in [5, 5.41) is 0.463. The van der Waals surface area contributed by atoms with E-state index in [2.05, 4.69) is 10.9 Å². The Labute approximate surface area is 176 Å². The molecule has 2 N–H and O–H groups in total. The van der Waals surface area contributed by atoms with Gasteiger partial charge in [0.15, 0.2) is 6.61 Å². The molecule has 2 aliphatic carbocycles. The molecular weight excluding hydrogens is 414 g/mol. The first-order chi connectivity index (χ1) is 14.3. The number of esters is 1. The third-order valence-corrected chi connectivity index (χ3v) is 5.89. The number of carbonyl (C=O) groups excluding carboxylic acids is 5. The maximum absolute atomic E-state index is 12.5. The summed E-state index contributed by atoms with van der Waals surface area (Å²) in [6.07, 6.45) is 4.72. The quantitative estimate of drug-likeness (QED) is 0.302. The van der Waals surface area contributed by atoms with Crippen LogP contribution in [0.25, 0.3) is 0 Å². The number of amides is 4. The Kier molecular flexibility index (Phi) is 5.29. The number of hydrazine groups is 1. The molecule has 30 heavy (non-hydrogen) atoms. The van der Waals surface area contributed by atoms with Crippen LogP contribution in [-0.4, -0.2) is 47.6 Å². The lowest BCUT2D eigenvalue weighted by Gasteiger charge is -2.16. The highest BCUT2D eigenvalue weighted by Gasteiger charge is 2.59. The van der Waals surface area contributed by atoms with Crippen LogP contribution < -0.4 is 10.9 Å². The van der Waals surface area contributed by atoms with Crippen molar-refractivity contribution in [1.82, 2.24) is 15.8 Å². The SMILES string of the molecule is O=C(COC(=O)CN1C(=O)[C@H]2[C@H](C1=O)[C@H]1C=C[C@H]2C1)NNC(=O)c1ccc(Cl)cc1. The monoisotopic (exact) mass is 431 g/mol. The van der Waals surface area contributed by atoms with E-state index in [1.54, 1.807) is 0 Å². The number of rotatable bonds is 5. The van der Waals surface area contributed by atoms with Crippen LogP contribution in [0.5, 0.6) is 0 Å². The Balaban J connectivity index is 1.22. The van der Waals surface area contributed by atoms with Gasteiger partial charge in [-0.1, -0.05) is 23.8 Å². The van der Waals surface area contributed by atoms with Crippen molar-refractivity contribution in [2.75, 3.05) is 13.2 Å². The van der Waals surface area contributed by atoms with E-state index >= 15 is 0 Å². The zero-order valence-corrected chi connectivity index (χ0v) is 16.4. The molecule has 2 fully saturated rings. The van der Waals surface area contributed by atoms with E-state index in [-0.39, 0.29) is 29.2 Å². The van der Waals surface area contributed by atoms with Crippen molar-refractivity contribution in [1.29, 1.82) is 0 Å². The first kappa shape index (κ1) is 20.1. The third-order valence-electron chi connectivity index (χ3n) is 5.63. The van der Waals surface area contributed by atoms with Gasteiger partial charge in [-0.25, -0.2) is 0 Å². The molecule has 0 unspecified atom stereocenters. The summed E-state index contributed by atoms with van der Waals surface area (Å²) >= 11 is 5.74. The second-order valence-corrected chi connectivity index (χ2v) is 7.87. The van der Waals surface area contributed by atoms with Crippen molar-refractivity contribution >= 4 is 41.2 Å². The highest BCUT2D eigenvalue weighted by atomic mass is 35.5. The number of fused-ring (bicyclic) bond motifs is 5. The number of nitrogens with zero attached hydrogens (tertiary/aromatic N) is 1. The topological polar surface area (TPSA) is 122 Å². The molecule has 2 bridgehead atoms. The average molecular weight is 432 g/mol. The number of carbonyl (C=O) groups is 5. The number of likely N-dealkylation sites (tertiary alicyclic amines) is 1. The summed E-state index contributed by atoms with van der Waals surface area (Å²) in [5.41, 5.74) is 4.56. The lowest BCUT2D eigenvalue weighted by Crippen LogP contribution is -2.44. The fraction of sp³-hybridized carbons (Fsp3) is 0.350. The average Bonchev–Trinajstić information content (AvgIpc) is 3.41. The summed E-state index contributed by atoms with van der Waals surface area (Å²) in [6.45, 7) is -1.20. The van der Waals surface area contributed by atoms with E-state index in [4.69, 9.17) is 16.3 Å². The number of imide groups is 1. The van der Waals surface area contributed by atoms with Gasteiger partial charge in [0.25, 0.3) is 11.8 Å². The largest absolute Gasteiger partial charge is 0.454 e. The van der Waals surface area contributed by atoms with E-state index in [1.165, 1.54) is 24.3 Å². The molecule has 1 heterocycles. The minimum atomic E-state index is -0.879. The number of nitrogens with one attached hydrogen (secondary N) is 2. The normalized spacial score (nSPS) is 26.0. The second-order valence-electron chi connectivity index (χ2n) is 7.43. The molecular formula is C20H18ClN3O6. The number of ether oxygens (including phenoxy) is 1. The predicted octanol–water partition coefficient (Wildman–Crippen LogP) is 0.451. The van der Waals surface area contributed by atoms with E-state index in [0.29, 0.717) is 5.02 Å². The molecule has 4 rings (SSSR count). The molecule has 1 saturated carbocycles. The zero-order chi connectivity index (χ0) is 21.4. The van der Waals surface area contributed by atoms with Crippen LogP contribution in [0.1, 0.15) is 16.8 Å². The van der Waals surface area contributed by atoms with Crippen molar-refractivity contribution < 1.29 is 28.7 Å². The van der Waals surface area contributed by atoms with Gasteiger partial charge in [-0.15, -0.1) is 0 Å². The minimum Gasteiger partial charge on any atom is -0.454 e. The third kappa shape index (κ3) is 3.68. The van der Waals surface area contributed by atoms with Gasteiger partial charge in [0.1, 0.15) is 6.54 Å². The van der Waals surface area contributed by atoms with Gasteiger partial charge in [-0.3, -0.25) is 39.7 Å². The van der Waals surface area contributed by atoms with Gasteiger partial charge in [0.05, 0.1) is 11.8 Å². The number of hydrogen-bond donors (Lipinski definition) is 2. The fourth-order valence-corrected chi connectivity index (χ4v) is 4.40. The molecule has 10 heteroatoms. The van der Waals surface area contributed by atoms with Crippen molar-refractivity contribution in [2.24, 2.45) is 23.7 Å². The fourth-order valence-electron chi connectivity index (χ4n) is 4.28.